The number of piperidine rings is 1. The fourth-order valence-corrected chi connectivity index (χ4v) is 4.51. The van der Waals surface area contributed by atoms with E-state index in [2.05, 4.69) is 10.2 Å². The van der Waals surface area contributed by atoms with Crippen LogP contribution in [0.1, 0.15) is 45.4 Å². The molecule has 1 saturated carbocycles. The lowest BCUT2D eigenvalue weighted by Gasteiger charge is -2.46. The highest BCUT2D eigenvalue weighted by Gasteiger charge is 2.48. The van der Waals surface area contributed by atoms with Gasteiger partial charge in [0.2, 0.25) is 11.8 Å². The van der Waals surface area contributed by atoms with Crippen molar-refractivity contribution in [1.82, 2.24) is 15.1 Å². The maximum Gasteiger partial charge on any atom is 0.246 e. The first-order valence-electron chi connectivity index (χ1n) is 8.52. The van der Waals surface area contributed by atoms with Crippen LogP contribution in [-0.4, -0.2) is 58.9 Å². The van der Waals surface area contributed by atoms with E-state index in [1.165, 1.54) is 19.4 Å². The van der Waals surface area contributed by atoms with Gasteiger partial charge in [-0.15, -0.1) is 0 Å². The zero-order valence-corrected chi connectivity index (χ0v) is 12.8. The summed E-state index contributed by atoms with van der Waals surface area (Å²) in [6.45, 7) is 4.19. The van der Waals surface area contributed by atoms with Gasteiger partial charge in [-0.25, -0.2) is 0 Å². The van der Waals surface area contributed by atoms with E-state index in [1.54, 1.807) is 0 Å². The molecule has 3 saturated heterocycles. The van der Waals surface area contributed by atoms with Crippen LogP contribution in [0.15, 0.2) is 0 Å². The van der Waals surface area contributed by atoms with Gasteiger partial charge in [-0.05, 0) is 57.9 Å². The van der Waals surface area contributed by atoms with Crippen molar-refractivity contribution in [2.75, 3.05) is 13.1 Å². The third-order valence-corrected chi connectivity index (χ3v) is 5.89. The average Bonchev–Trinajstić information content (AvgIpc) is 3.20. The number of hydrogen-bond donors (Lipinski definition) is 1. The van der Waals surface area contributed by atoms with Gasteiger partial charge in [0.25, 0.3) is 0 Å². The molecule has 1 N–H and O–H groups in total. The molecular weight excluding hydrogens is 266 g/mol. The maximum absolute atomic E-state index is 12.9. The van der Waals surface area contributed by atoms with Gasteiger partial charge in [0.15, 0.2) is 0 Å². The fraction of sp³-hybridized carbons (Fsp3) is 0.875. The Kier molecular flexibility index (Phi) is 3.21. The van der Waals surface area contributed by atoms with Crippen molar-refractivity contribution >= 4 is 11.8 Å². The lowest BCUT2D eigenvalue weighted by atomic mass is 9.92. The van der Waals surface area contributed by atoms with Crippen LogP contribution in [-0.2, 0) is 9.59 Å². The molecule has 21 heavy (non-hydrogen) atoms. The highest BCUT2D eigenvalue weighted by molar-refractivity contribution is 5.97. The molecule has 5 heteroatoms. The van der Waals surface area contributed by atoms with E-state index in [0.717, 1.165) is 32.2 Å². The molecule has 4 atom stereocenters. The minimum absolute atomic E-state index is 0.0420. The van der Waals surface area contributed by atoms with E-state index in [1.807, 2.05) is 11.8 Å². The van der Waals surface area contributed by atoms with Crippen LogP contribution in [0.5, 0.6) is 0 Å². The third kappa shape index (κ3) is 2.26. The van der Waals surface area contributed by atoms with Gasteiger partial charge in [0.05, 0.1) is 0 Å². The first-order valence-corrected chi connectivity index (χ1v) is 8.52. The smallest absolute Gasteiger partial charge is 0.246 e. The minimum atomic E-state index is -0.301. The predicted octanol–water partition coefficient (Wildman–Crippen LogP) is 0.739. The monoisotopic (exact) mass is 291 g/mol. The number of piperazine rings is 1. The van der Waals surface area contributed by atoms with Gasteiger partial charge in [0, 0.05) is 18.6 Å². The van der Waals surface area contributed by atoms with E-state index >= 15 is 0 Å². The number of rotatable bonds is 2. The lowest BCUT2D eigenvalue weighted by molar-refractivity contribution is -0.153. The normalized spacial score (nSPS) is 41.1. The molecule has 0 bridgehead atoms. The first-order chi connectivity index (χ1) is 10.1. The Morgan fingerprint density at radius 3 is 2.62 bits per heavy atom. The molecule has 5 nitrogen and oxygen atoms in total. The zero-order chi connectivity index (χ0) is 14.6. The van der Waals surface area contributed by atoms with Crippen LogP contribution in [0.4, 0.5) is 0 Å². The molecule has 4 fully saturated rings. The van der Waals surface area contributed by atoms with E-state index in [4.69, 9.17) is 0 Å². The van der Waals surface area contributed by atoms with Crippen molar-refractivity contribution < 1.29 is 9.59 Å². The highest BCUT2D eigenvalue weighted by Crippen LogP contribution is 2.37. The van der Waals surface area contributed by atoms with E-state index in [0.29, 0.717) is 12.0 Å². The molecular formula is C16H25N3O2. The zero-order valence-electron chi connectivity index (χ0n) is 12.8. The van der Waals surface area contributed by atoms with Crippen molar-refractivity contribution in [2.24, 2.45) is 5.92 Å². The number of carbonyl (C=O) groups is 2. The molecule has 1 aliphatic carbocycles. The standard InChI is InChI=1S/C16H25N3O2/c1-10-15(20)17-14(11-4-5-11)16(21)19(10)13-6-8-18-7-2-3-12(18)9-13/h10-14H,2-9H2,1H3,(H,17,20). The van der Waals surface area contributed by atoms with Crippen molar-refractivity contribution in [1.29, 1.82) is 0 Å². The van der Waals surface area contributed by atoms with Gasteiger partial charge >= 0.3 is 0 Å². The molecule has 0 spiro atoms. The second-order valence-corrected chi connectivity index (χ2v) is 7.26. The lowest BCUT2D eigenvalue weighted by Crippen LogP contribution is -2.66. The van der Waals surface area contributed by atoms with Gasteiger partial charge < -0.3 is 15.1 Å². The van der Waals surface area contributed by atoms with Crippen LogP contribution in [0, 0.1) is 5.92 Å². The SMILES string of the molecule is CC1C(=O)NC(C2CC2)C(=O)N1C1CCN2CCCC2C1. The summed E-state index contributed by atoms with van der Waals surface area (Å²) in [5, 5.41) is 2.95. The molecule has 0 aromatic heterocycles. The van der Waals surface area contributed by atoms with Gasteiger partial charge in [-0.3, -0.25) is 9.59 Å². The van der Waals surface area contributed by atoms with Crippen LogP contribution in [0.25, 0.3) is 0 Å². The van der Waals surface area contributed by atoms with Crippen LogP contribution >= 0.6 is 0 Å². The molecule has 3 aliphatic heterocycles. The van der Waals surface area contributed by atoms with Crippen LogP contribution in [0.2, 0.25) is 0 Å². The summed E-state index contributed by atoms with van der Waals surface area (Å²) >= 11 is 0. The molecule has 4 rings (SSSR count). The quantitative estimate of drug-likeness (QED) is 0.816. The Bertz CT molecular complexity index is 462. The number of fused-ring (bicyclic) bond motifs is 1. The van der Waals surface area contributed by atoms with Crippen LogP contribution < -0.4 is 5.32 Å². The van der Waals surface area contributed by atoms with Crippen molar-refractivity contribution in [3.63, 3.8) is 0 Å². The molecule has 116 valence electrons. The summed E-state index contributed by atoms with van der Waals surface area (Å²) in [5.41, 5.74) is 0. The summed E-state index contributed by atoms with van der Waals surface area (Å²) < 4.78 is 0. The Labute approximate surface area is 126 Å². The van der Waals surface area contributed by atoms with Gasteiger partial charge in [-0.1, -0.05) is 0 Å². The van der Waals surface area contributed by atoms with Crippen LogP contribution in [0.3, 0.4) is 0 Å². The second-order valence-electron chi connectivity index (χ2n) is 7.26. The van der Waals surface area contributed by atoms with E-state index in [9.17, 15) is 9.59 Å². The van der Waals surface area contributed by atoms with Gasteiger partial charge in [-0.2, -0.15) is 0 Å². The second kappa shape index (κ2) is 4.97. The highest BCUT2D eigenvalue weighted by atomic mass is 16.2. The van der Waals surface area contributed by atoms with E-state index in [-0.39, 0.29) is 29.9 Å². The Morgan fingerprint density at radius 1 is 1.05 bits per heavy atom. The average molecular weight is 291 g/mol. The number of nitrogens with zero attached hydrogens (tertiary/aromatic N) is 2. The molecule has 0 aromatic rings. The molecule has 4 aliphatic rings. The molecule has 4 unspecified atom stereocenters. The summed E-state index contributed by atoms with van der Waals surface area (Å²) in [7, 11) is 0. The maximum atomic E-state index is 12.9. The minimum Gasteiger partial charge on any atom is -0.342 e. The Hall–Kier alpha value is -1.10. The fourth-order valence-electron chi connectivity index (χ4n) is 4.51. The molecule has 2 amide bonds. The molecule has 0 radical (unpaired) electrons. The van der Waals surface area contributed by atoms with Crippen molar-refractivity contribution in [3.8, 4) is 0 Å². The first kappa shape index (κ1) is 13.6. The van der Waals surface area contributed by atoms with Crippen molar-refractivity contribution in [2.45, 2.75) is 69.6 Å². The van der Waals surface area contributed by atoms with Gasteiger partial charge in [0.1, 0.15) is 12.1 Å². The Morgan fingerprint density at radius 2 is 1.86 bits per heavy atom. The number of hydrogen-bond acceptors (Lipinski definition) is 3. The topological polar surface area (TPSA) is 52.7 Å². The number of nitrogens with one attached hydrogen (secondary N) is 1. The summed E-state index contributed by atoms with van der Waals surface area (Å²) in [4.78, 5) is 29.6. The predicted molar refractivity (Wildman–Crippen MR) is 78.6 cm³/mol. The largest absolute Gasteiger partial charge is 0.342 e. The molecule has 0 aromatic carbocycles. The summed E-state index contributed by atoms with van der Waals surface area (Å²) in [6.07, 6.45) is 6.79. The van der Waals surface area contributed by atoms with Crippen molar-refractivity contribution in [3.05, 3.63) is 0 Å². The Balaban J connectivity index is 1.53. The van der Waals surface area contributed by atoms with E-state index < -0.39 is 0 Å². The number of carbonyl (C=O) groups excluding carboxylic acids is 2. The summed E-state index contributed by atoms with van der Waals surface area (Å²) in [6, 6.07) is 0.355. The summed E-state index contributed by atoms with van der Waals surface area (Å²) in [5.74, 6) is 0.615. The molecule has 3 heterocycles. The number of amides is 2. The third-order valence-electron chi connectivity index (χ3n) is 5.89.